The molecule has 2 heterocycles. The van der Waals surface area contributed by atoms with Crippen LogP contribution in [0.1, 0.15) is 32.1 Å². The molecule has 6 heteroatoms. The highest BCUT2D eigenvalue weighted by atomic mass is 16.2. The second kappa shape index (κ2) is 3.96. The minimum Gasteiger partial charge on any atom is -0.337 e. The predicted octanol–water partition coefficient (Wildman–Crippen LogP) is 0.329. The molecule has 2 aliphatic heterocycles. The Balaban J connectivity index is 1.41. The van der Waals surface area contributed by atoms with E-state index >= 15 is 0 Å². The van der Waals surface area contributed by atoms with E-state index in [4.69, 9.17) is 0 Å². The molecule has 1 atom stereocenters. The summed E-state index contributed by atoms with van der Waals surface area (Å²) in [6.45, 7) is 0.908. The van der Waals surface area contributed by atoms with Crippen LogP contribution in [0.2, 0.25) is 0 Å². The molecule has 20 heavy (non-hydrogen) atoms. The monoisotopic (exact) mass is 277 g/mol. The zero-order chi connectivity index (χ0) is 13.9. The minimum atomic E-state index is -0.440. The molecule has 0 radical (unpaired) electrons. The van der Waals surface area contributed by atoms with E-state index in [-0.39, 0.29) is 24.9 Å². The highest BCUT2D eigenvalue weighted by Crippen LogP contribution is 2.59. The van der Waals surface area contributed by atoms with Gasteiger partial charge in [-0.05, 0) is 31.6 Å². The fourth-order valence-corrected chi connectivity index (χ4v) is 4.11. The molecule has 2 aliphatic carbocycles. The Hall–Kier alpha value is -1.59. The topological polar surface area (TPSA) is 69.7 Å². The number of urea groups is 1. The van der Waals surface area contributed by atoms with E-state index in [1.165, 1.54) is 37.0 Å². The van der Waals surface area contributed by atoms with Crippen molar-refractivity contribution in [2.75, 3.05) is 19.6 Å². The number of rotatable bonds is 3. The molecule has 2 saturated heterocycles. The van der Waals surface area contributed by atoms with Crippen molar-refractivity contribution in [3.05, 3.63) is 0 Å². The number of hydrogen-bond acceptors (Lipinski definition) is 3. The van der Waals surface area contributed by atoms with Crippen LogP contribution in [0.4, 0.5) is 4.79 Å². The maximum atomic E-state index is 12.4. The van der Waals surface area contributed by atoms with E-state index < -0.39 is 6.03 Å². The molecule has 4 rings (SSSR count). The van der Waals surface area contributed by atoms with Crippen LogP contribution < -0.4 is 5.32 Å². The third-order valence-electron chi connectivity index (χ3n) is 5.38. The molecular weight excluding hydrogens is 258 g/mol. The molecule has 2 saturated carbocycles. The first-order chi connectivity index (χ1) is 9.59. The molecule has 4 amide bonds. The number of nitrogens with one attached hydrogen (secondary N) is 1. The van der Waals surface area contributed by atoms with Crippen LogP contribution in [0.3, 0.4) is 0 Å². The van der Waals surface area contributed by atoms with E-state index in [1.807, 2.05) is 4.90 Å². The van der Waals surface area contributed by atoms with Gasteiger partial charge in [0.15, 0.2) is 0 Å². The Morgan fingerprint density at radius 2 is 2.05 bits per heavy atom. The van der Waals surface area contributed by atoms with Crippen molar-refractivity contribution in [2.45, 2.75) is 38.1 Å². The van der Waals surface area contributed by atoms with Crippen LogP contribution in [0.5, 0.6) is 0 Å². The molecule has 6 nitrogen and oxygen atoms in total. The fraction of sp³-hybridized carbons (Fsp3) is 0.786. The van der Waals surface area contributed by atoms with Gasteiger partial charge in [0.2, 0.25) is 11.8 Å². The lowest BCUT2D eigenvalue weighted by atomic mass is 9.56. The van der Waals surface area contributed by atoms with Crippen molar-refractivity contribution in [1.82, 2.24) is 15.1 Å². The van der Waals surface area contributed by atoms with Crippen LogP contribution in [0, 0.1) is 11.3 Å². The minimum absolute atomic E-state index is 0.00396. The van der Waals surface area contributed by atoms with Gasteiger partial charge in [-0.15, -0.1) is 0 Å². The number of carbonyl (C=O) groups excluding carboxylic acids is 3. The van der Waals surface area contributed by atoms with Crippen molar-refractivity contribution in [2.24, 2.45) is 11.3 Å². The molecule has 1 unspecified atom stereocenters. The van der Waals surface area contributed by atoms with Crippen molar-refractivity contribution in [3.63, 3.8) is 0 Å². The molecule has 0 aromatic carbocycles. The summed E-state index contributed by atoms with van der Waals surface area (Å²) in [5.41, 5.74) is 0.403. The summed E-state index contributed by atoms with van der Waals surface area (Å²) in [4.78, 5) is 38.3. The van der Waals surface area contributed by atoms with Crippen LogP contribution in [-0.2, 0) is 9.59 Å². The highest BCUT2D eigenvalue weighted by molar-refractivity contribution is 6.03. The summed E-state index contributed by atoms with van der Waals surface area (Å²) < 4.78 is 0. The van der Waals surface area contributed by atoms with Gasteiger partial charge in [-0.3, -0.25) is 14.9 Å². The van der Waals surface area contributed by atoms with Gasteiger partial charge in [-0.25, -0.2) is 4.79 Å². The lowest BCUT2D eigenvalue weighted by molar-refractivity contribution is -0.171. The molecule has 108 valence electrons. The Bertz CT molecular complexity index is 496. The van der Waals surface area contributed by atoms with E-state index in [0.717, 1.165) is 6.54 Å². The number of amides is 4. The molecule has 4 fully saturated rings. The van der Waals surface area contributed by atoms with Gasteiger partial charge < -0.3 is 9.80 Å². The number of likely N-dealkylation sites (tertiary alicyclic amines) is 1. The summed E-state index contributed by atoms with van der Waals surface area (Å²) in [7, 11) is 0. The standard InChI is InChI=1S/C14H19N3O3/c18-10-6-16(13(20)15-10)7-11(19)17-8-14(4-1-5-14)12(17)9-2-3-9/h9,12H,1-8H2,(H,15,18,20). The van der Waals surface area contributed by atoms with E-state index in [1.54, 1.807) is 0 Å². The first-order valence-electron chi connectivity index (χ1n) is 7.47. The lowest BCUT2D eigenvalue weighted by Crippen LogP contribution is -2.70. The second-order valence-electron chi connectivity index (χ2n) is 6.73. The summed E-state index contributed by atoms with van der Waals surface area (Å²) in [6, 6.07) is -0.0321. The van der Waals surface area contributed by atoms with E-state index in [9.17, 15) is 14.4 Å². The molecule has 4 aliphatic rings. The molecular formula is C14H19N3O3. The number of imide groups is 1. The molecule has 0 aromatic heterocycles. The largest absolute Gasteiger partial charge is 0.337 e. The average Bonchev–Trinajstić information content (AvgIpc) is 3.03. The summed E-state index contributed by atoms with van der Waals surface area (Å²) in [5.74, 6) is 0.368. The van der Waals surface area contributed by atoms with E-state index in [0.29, 0.717) is 17.4 Å². The Labute approximate surface area is 117 Å². The van der Waals surface area contributed by atoms with Crippen LogP contribution >= 0.6 is 0 Å². The summed E-state index contributed by atoms with van der Waals surface area (Å²) >= 11 is 0. The van der Waals surface area contributed by atoms with Gasteiger partial charge in [-0.1, -0.05) is 6.42 Å². The summed E-state index contributed by atoms with van der Waals surface area (Å²) in [5, 5.41) is 2.21. The van der Waals surface area contributed by atoms with Crippen molar-refractivity contribution >= 4 is 17.8 Å². The zero-order valence-electron chi connectivity index (χ0n) is 11.4. The number of carbonyl (C=O) groups is 3. The van der Waals surface area contributed by atoms with Crippen molar-refractivity contribution in [3.8, 4) is 0 Å². The maximum Gasteiger partial charge on any atom is 0.325 e. The highest BCUT2D eigenvalue weighted by Gasteiger charge is 2.61. The molecule has 1 N–H and O–H groups in total. The quantitative estimate of drug-likeness (QED) is 0.756. The van der Waals surface area contributed by atoms with Gasteiger partial charge in [-0.2, -0.15) is 0 Å². The first kappa shape index (κ1) is 12.2. The average molecular weight is 277 g/mol. The predicted molar refractivity (Wildman–Crippen MR) is 69.6 cm³/mol. The maximum absolute atomic E-state index is 12.4. The molecule has 0 aromatic rings. The molecule has 1 spiro atoms. The van der Waals surface area contributed by atoms with Gasteiger partial charge in [0.1, 0.15) is 13.1 Å². The lowest BCUT2D eigenvalue weighted by Gasteiger charge is -2.63. The van der Waals surface area contributed by atoms with Gasteiger partial charge in [0.25, 0.3) is 0 Å². The Morgan fingerprint density at radius 1 is 1.30 bits per heavy atom. The molecule has 0 bridgehead atoms. The van der Waals surface area contributed by atoms with Gasteiger partial charge in [0, 0.05) is 18.0 Å². The Morgan fingerprint density at radius 3 is 2.55 bits per heavy atom. The number of hydrogen-bond donors (Lipinski definition) is 1. The van der Waals surface area contributed by atoms with Crippen molar-refractivity contribution in [1.29, 1.82) is 0 Å². The second-order valence-corrected chi connectivity index (χ2v) is 6.73. The van der Waals surface area contributed by atoms with E-state index in [2.05, 4.69) is 5.32 Å². The zero-order valence-corrected chi connectivity index (χ0v) is 11.4. The number of nitrogens with zero attached hydrogens (tertiary/aromatic N) is 2. The Kier molecular flexibility index (Phi) is 2.41. The van der Waals surface area contributed by atoms with Crippen LogP contribution in [0.15, 0.2) is 0 Å². The third kappa shape index (κ3) is 1.66. The van der Waals surface area contributed by atoms with Crippen LogP contribution in [0.25, 0.3) is 0 Å². The normalized spacial score (nSPS) is 31.1. The smallest absolute Gasteiger partial charge is 0.325 e. The fourth-order valence-electron chi connectivity index (χ4n) is 4.11. The SMILES string of the molecule is O=C1CN(CC(=O)N2CC3(CCC3)C2C2CC2)C(=O)N1. The van der Waals surface area contributed by atoms with Gasteiger partial charge in [0.05, 0.1) is 0 Å². The van der Waals surface area contributed by atoms with Crippen molar-refractivity contribution < 1.29 is 14.4 Å². The third-order valence-corrected chi connectivity index (χ3v) is 5.38. The van der Waals surface area contributed by atoms with Crippen LogP contribution in [-0.4, -0.2) is 53.3 Å². The first-order valence-corrected chi connectivity index (χ1v) is 7.47. The summed E-state index contributed by atoms with van der Waals surface area (Å²) in [6.07, 6.45) is 6.26. The van der Waals surface area contributed by atoms with Gasteiger partial charge >= 0.3 is 6.03 Å².